The van der Waals surface area contributed by atoms with E-state index >= 15 is 0 Å². The highest BCUT2D eigenvalue weighted by Crippen LogP contribution is 2.62. The molecule has 306 valence electrons. The highest BCUT2D eigenvalue weighted by Gasteiger charge is 2.35. The summed E-state index contributed by atoms with van der Waals surface area (Å²) in [6, 6.07) is 94.7. The van der Waals surface area contributed by atoms with Crippen LogP contribution in [0.1, 0.15) is 0 Å². The average Bonchev–Trinajstić information content (AvgIpc) is 4.06. The van der Waals surface area contributed by atoms with Gasteiger partial charge in [0.05, 0.1) is 0 Å². The van der Waals surface area contributed by atoms with Crippen LogP contribution in [0.4, 0.5) is 0 Å². The molecule has 0 spiro atoms. The Morgan fingerprint density at radius 2 is 0.258 bits per heavy atom. The zero-order chi connectivity index (χ0) is 43.6. The normalized spacial score (nSPS) is 11.6. The first kappa shape index (κ1) is 37.9. The summed E-state index contributed by atoms with van der Waals surface area (Å²) < 4.78 is 0. The minimum Gasteiger partial charge on any atom is -0.0622 e. The molecule has 1 aromatic rings. The Kier molecular flexibility index (Phi) is 8.96. The Balaban J connectivity index is 1.36. The smallest absolute Gasteiger partial charge is 0.000718 e. The third-order valence-corrected chi connectivity index (χ3v) is 13.9. The fraction of sp³-hybridized carbons (Fsp3) is 0. The lowest BCUT2D eigenvalue weighted by atomic mass is 9.73. The second-order valence-electron chi connectivity index (χ2n) is 17.4. The summed E-state index contributed by atoms with van der Waals surface area (Å²) in [5, 5.41) is 0. The van der Waals surface area contributed by atoms with Gasteiger partial charge in [-0.05, 0) is 134 Å². The molecular formula is C66H42. The highest BCUT2D eigenvalue weighted by molar-refractivity contribution is 6.22. The summed E-state index contributed by atoms with van der Waals surface area (Å²) in [5.41, 5.74) is 29.3. The van der Waals surface area contributed by atoms with Gasteiger partial charge in [0.2, 0.25) is 0 Å². The molecule has 0 N–H and O–H groups in total. The molecule has 0 nitrogen and oxygen atoms in total. The molecule has 0 unspecified atom stereocenters. The number of hydrogen-bond donors (Lipinski definition) is 0. The largest absolute Gasteiger partial charge is 0.0622 e. The summed E-state index contributed by atoms with van der Waals surface area (Å²) in [4.78, 5) is 0. The Morgan fingerprint density at radius 3 is 0.424 bits per heavy atom. The van der Waals surface area contributed by atoms with Crippen molar-refractivity contribution in [1.29, 1.82) is 0 Å². The van der Waals surface area contributed by atoms with Gasteiger partial charge < -0.3 is 0 Å². The van der Waals surface area contributed by atoms with Gasteiger partial charge in [0.1, 0.15) is 0 Å². The van der Waals surface area contributed by atoms with Crippen molar-refractivity contribution in [2.45, 2.75) is 0 Å². The van der Waals surface area contributed by atoms with Crippen molar-refractivity contribution in [1.82, 2.24) is 0 Å². The Bertz CT molecular complexity index is 3060. The molecule has 0 radical (unpaired) electrons. The molecule has 0 saturated carbocycles. The maximum Gasteiger partial charge on any atom is -0.000718 e. The van der Waals surface area contributed by atoms with E-state index in [1.54, 1.807) is 0 Å². The molecule has 12 aliphatic carbocycles. The van der Waals surface area contributed by atoms with Crippen LogP contribution in [0.2, 0.25) is 0 Å². The first-order valence-electron chi connectivity index (χ1n) is 22.9. The summed E-state index contributed by atoms with van der Waals surface area (Å²) in [6.07, 6.45) is 0. The summed E-state index contributed by atoms with van der Waals surface area (Å²) >= 11 is 0. The lowest BCUT2D eigenvalue weighted by Gasteiger charge is -2.29. The first-order chi connectivity index (χ1) is 32.8. The lowest BCUT2D eigenvalue weighted by molar-refractivity contribution is 1.57. The average molecular weight is 835 g/mol. The van der Waals surface area contributed by atoms with Gasteiger partial charge in [-0.2, -0.15) is 0 Å². The van der Waals surface area contributed by atoms with Crippen molar-refractivity contribution in [3.05, 3.63) is 255 Å². The Hall–Kier alpha value is -8.58. The van der Waals surface area contributed by atoms with Crippen molar-refractivity contribution in [2.75, 3.05) is 0 Å². The van der Waals surface area contributed by atoms with Crippen LogP contribution in [0, 0.1) is 0 Å². The van der Waals surface area contributed by atoms with Crippen molar-refractivity contribution in [2.24, 2.45) is 0 Å². The zero-order valence-electron chi connectivity index (χ0n) is 36.2. The summed E-state index contributed by atoms with van der Waals surface area (Å²) in [7, 11) is 0. The van der Waals surface area contributed by atoms with Crippen molar-refractivity contribution < 1.29 is 0 Å². The number of rotatable bonds is 6. The van der Waals surface area contributed by atoms with Crippen LogP contribution in [0.5, 0.6) is 0 Å². The summed E-state index contributed by atoms with van der Waals surface area (Å²) in [6.45, 7) is 0. The molecule has 66 heavy (non-hydrogen) atoms. The second-order valence-corrected chi connectivity index (χ2v) is 17.4. The maximum absolute atomic E-state index is 2.39. The minimum absolute atomic E-state index is 1.21. The molecular weight excluding hydrogens is 793 g/mol. The van der Waals surface area contributed by atoms with Gasteiger partial charge in [-0.25, -0.2) is 0 Å². The molecule has 0 bridgehead atoms. The molecule has 12 aliphatic rings. The van der Waals surface area contributed by atoms with E-state index in [9.17, 15) is 0 Å². The third-order valence-electron chi connectivity index (χ3n) is 13.9. The minimum atomic E-state index is 1.21. The number of fused-ring (bicyclic) bond motifs is 6. The molecule has 0 aromatic heterocycles. The van der Waals surface area contributed by atoms with Gasteiger partial charge in [0.15, 0.2) is 0 Å². The molecule has 0 saturated heterocycles. The fourth-order valence-electron chi connectivity index (χ4n) is 11.0. The van der Waals surface area contributed by atoms with Gasteiger partial charge >= 0.3 is 0 Å². The van der Waals surface area contributed by atoms with Crippen LogP contribution in [0.3, 0.4) is 0 Å². The first-order valence-corrected chi connectivity index (χ1v) is 22.9. The SMILES string of the molecule is c1ccc2ccc(-c3c(-c4ccc5cccccc4-5)c(-c4ccc5cccccc4-5)c(-c4ccc5cccccc4-5)c(-c4ccc5cccccc4-5)c3-c3ccc4cccccc3-4)c-2cc1. The van der Waals surface area contributed by atoms with E-state index in [1.165, 1.54) is 134 Å². The fourth-order valence-corrected chi connectivity index (χ4v) is 11.0. The zero-order valence-corrected chi connectivity index (χ0v) is 36.2. The van der Waals surface area contributed by atoms with E-state index in [1.807, 2.05) is 0 Å². The Morgan fingerprint density at radius 1 is 0.106 bits per heavy atom. The quantitative estimate of drug-likeness (QED) is 0.157. The van der Waals surface area contributed by atoms with E-state index in [2.05, 4.69) is 255 Å². The van der Waals surface area contributed by atoms with Gasteiger partial charge in [0.25, 0.3) is 0 Å². The van der Waals surface area contributed by atoms with Gasteiger partial charge in [0, 0.05) is 0 Å². The van der Waals surface area contributed by atoms with Crippen LogP contribution in [-0.4, -0.2) is 0 Å². The predicted octanol–water partition coefficient (Wildman–Crippen LogP) is 18.3. The van der Waals surface area contributed by atoms with Crippen LogP contribution in [-0.2, 0) is 0 Å². The van der Waals surface area contributed by atoms with Crippen LogP contribution >= 0.6 is 0 Å². The molecule has 0 fully saturated rings. The summed E-state index contributed by atoms with van der Waals surface area (Å²) in [5.74, 6) is 0. The predicted molar refractivity (Wildman–Crippen MR) is 279 cm³/mol. The van der Waals surface area contributed by atoms with Gasteiger partial charge in [-0.3, -0.25) is 0 Å². The molecule has 0 atom stereocenters. The molecule has 0 aliphatic heterocycles. The Labute approximate surface area is 386 Å². The van der Waals surface area contributed by atoms with Crippen LogP contribution in [0.25, 0.3) is 134 Å². The van der Waals surface area contributed by atoms with Crippen LogP contribution < -0.4 is 0 Å². The van der Waals surface area contributed by atoms with Crippen molar-refractivity contribution in [3.8, 4) is 134 Å². The molecule has 0 heterocycles. The maximum atomic E-state index is 2.39. The van der Waals surface area contributed by atoms with E-state index in [0.29, 0.717) is 0 Å². The third kappa shape index (κ3) is 6.00. The van der Waals surface area contributed by atoms with Crippen molar-refractivity contribution >= 4 is 0 Å². The number of hydrogen-bond acceptors (Lipinski definition) is 0. The molecule has 1 aromatic carbocycles. The van der Waals surface area contributed by atoms with E-state index < -0.39 is 0 Å². The van der Waals surface area contributed by atoms with Crippen molar-refractivity contribution in [3.63, 3.8) is 0 Å². The van der Waals surface area contributed by atoms with E-state index in [4.69, 9.17) is 0 Å². The van der Waals surface area contributed by atoms with Gasteiger partial charge in [-0.1, -0.05) is 255 Å². The molecule has 0 heteroatoms. The number of benzene rings is 1. The van der Waals surface area contributed by atoms with Gasteiger partial charge in [-0.15, -0.1) is 0 Å². The van der Waals surface area contributed by atoms with Crippen LogP contribution in [0.15, 0.2) is 255 Å². The monoisotopic (exact) mass is 834 g/mol. The van der Waals surface area contributed by atoms with E-state index in [0.717, 1.165) is 0 Å². The molecule has 13 rings (SSSR count). The standard InChI is InChI=1S/C66H42/c1-7-19-43-31-37-55(49(43)25-13-1)61-62(56-38-32-44-20-8-2-14-26-50(44)56)64(58-40-34-46-22-10-4-16-28-52(46)58)66(60-42-36-48-24-12-6-18-30-54(48)60)65(59-41-35-47-23-11-5-17-29-53(47)59)63(61)57-39-33-45-21-9-3-15-27-51(45)57/h1-42H. The van der Waals surface area contributed by atoms with E-state index in [-0.39, 0.29) is 0 Å². The highest BCUT2D eigenvalue weighted by atomic mass is 14.4. The lowest BCUT2D eigenvalue weighted by Crippen LogP contribution is -2.02. The molecule has 0 amide bonds. The second kappa shape index (κ2) is 15.6. The topological polar surface area (TPSA) is 0 Å².